The molecule has 0 saturated heterocycles. The minimum Gasteiger partial charge on any atom is -0.396 e. The van der Waals surface area contributed by atoms with Gasteiger partial charge in [0.25, 0.3) is 0 Å². The van der Waals surface area contributed by atoms with E-state index in [0.29, 0.717) is 17.7 Å². The van der Waals surface area contributed by atoms with E-state index < -0.39 is 17.6 Å². The van der Waals surface area contributed by atoms with Crippen LogP contribution in [0, 0.1) is 12.7 Å². The third-order valence-electron chi connectivity index (χ3n) is 3.90. The van der Waals surface area contributed by atoms with E-state index in [0.717, 1.165) is 5.56 Å². The quantitative estimate of drug-likeness (QED) is 0.704. The zero-order valence-electron chi connectivity index (χ0n) is 14.0. The Morgan fingerprint density at radius 3 is 2.48 bits per heavy atom. The van der Waals surface area contributed by atoms with Crippen LogP contribution in [-0.4, -0.2) is 30.1 Å². The summed E-state index contributed by atoms with van der Waals surface area (Å²) in [6.45, 7) is 1.86. The second kappa shape index (κ2) is 8.94. The lowest BCUT2D eigenvalue weighted by Gasteiger charge is -2.17. The van der Waals surface area contributed by atoms with Gasteiger partial charge in [-0.15, -0.1) is 0 Å². The molecule has 5 nitrogen and oxygen atoms in total. The van der Waals surface area contributed by atoms with Crippen molar-refractivity contribution in [3.63, 3.8) is 0 Å². The molecular weight excluding hydrogens is 323 g/mol. The molecule has 0 aliphatic rings. The number of hydrogen-bond donors (Lipinski definition) is 3. The maximum atomic E-state index is 13.1. The fourth-order valence-corrected chi connectivity index (χ4v) is 2.51. The summed E-state index contributed by atoms with van der Waals surface area (Å²) in [7, 11) is 0. The number of hydrogen-bond acceptors (Lipinski definition) is 3. The molecule has 0 spiro atoms. The summed E-state index contributed by atoms with van der Waals surface area (Å²) in [5, 5.41) is 14.2. The van der Waals surface area contributed by atoms with Crippen molar-refractivity contribution in [1.29, 1.82) is 0 Å². The highest BCUT2D eigenvalue weighted by Crippen LogP contribution is 2.18. The molecule has 0 bridgehead atoms. The molecule has 2 aromatic rings. The van der Waals surface area contributed by atoms with Crippen molar-refractivity contribution < 1.29 is 19.1 Å². The van der Waals surface area contributed by atoms with Crippen LogP contribution in [-0.2, 0) is 9.59 Å². The Labute approximate surface area is 145 Å². The number of rotatable bonds is 6. The first-order valence-electron chi connectivity index (χ1n) is 8.02. The van der Waals surface area contributed by atoms with Crippen LogP contribution in [0.4, 0.5) is 10.1 Å². The van der Waals surface area contributed by atoms with Crippen molar-refractivity contribution in [3.8, 4) is 0 Å². The SMILES string of the molecule is Cc1cc(F)ccc1NC(=O)C(=O)NCC(CCO)c1ccccc1. The number of carbonyl (C=O) groups excluding carboxylic acids is 2. The number of aryl methyl sites for hydroxylation is 1. The van der Waals surface area contributed by atoms with Gasteiger partial charge in [0.05, 0.1) is 0 Å². The summed E-state index contributed by atoms with van der Waals surface area (Å²) in [5.41, 5.74) is 1.90. The molecular formula is C19H21FN2O3. The van der Waals surface area contributed by atoms with Gasteiger partial charge in [-0.25, -0.2) is 4.39 Å². The highest BCUT2D eigenvalue weighted by Gasteiger charge is 2.18. The first kappa shape index (κ1) is 18.6. The topological polar surface area (TPSA) is 78.4 Å². The number of aliphatic hydroxyl groups excluding tert-OH is 1. The number of halogens is 1. The molecule has 132 valence electrons. The third kappa shape index (κ3) is 5.39. The average Bonchev–Trinajstić information content (AvgIpc) is 2.61. The van der Waals surface area contributed by atoms with E-state index in [1.807, 2.05) is 30.3 Å². The van der Waals surface area contributed by atoms with E-state index >= 15 is 0 Å². The zero-order chi connectivity index (χ0) is 18.2. The number of nitrogens with one attached hydrogen (secondary N) is 2. The van der Waals surface area contributed by atoms with Gasteiger partial charge in [-0.1, -0.05) is 30.3 Å². The summed E-state index contributed by atoms with van der Waals surface area (Å²) in [6.07, 6.45) is 0.475. The lowest BCUT2D eigenvalue weighted by molar-refractivity contribution is -0.136. The standard InChI is InChI=1S/C19H21FN2O3/c1-13-11-16(20)7-8-17(13)22-19(25)18(24)21-12-15(9-10-23)14-5-3-2-4-6-14/h2-8,11,15,23H,9-10,12H2,1H3,(H,21,24)(H,22,25). The summed E-state index contributed by atoms with van der Waals surface area (Å²) < 4.78 is 13.1. The van der Waals surface area contributed by atoms with Crippen molar-refractivity contribution in [3.05, 3.63) is 65.5 Å². The van der Waals surface area contributed by atoms with Crippen molar-refractivity contribution in [2.24, 2.45) is 0 Å². The highest BCUT2D eigenvalue weighted by atomic mass is 19.1. The number of aliphatic hydroxyl groups is 1. The van der Waals surface area contributed by atoms with E-state index in [1.165, 1.54) is 18.2 Å². The lowest BCUT2D eigenvalue weighted by atomic mass is 9.96. The monoisotopic (exact) mass is 344 g/mol. The largest absolute Gasteiger partial charge is 0.396 e. The van der Waals surface area contributed by atoms with Crippen molar-refractivity contribution >= 4 is 17.5 Å². The molecule has 1 atom stereocenters. The molecule has 25 heavy (non-hydrogen) atoms. The first-order valence-corrected chi connectivity index (χ1v) is 8.02. The molecule has 2 amide bonds. The summed E-state index contributed by atoms with van der Waals surface area (Å²) in [4.78, 5) is 24.0. The van der Waals surface area contributed by atoms with E-state index in [1.54, 1.807) is 6.92 Å². The van der Waals surface area contributed by atoms with E-state index in [2.05, 4.69) is 10.6 Å². The van der Waals surface area contributed by atoms with Crippen LogP contribution in [0.2, 0.25) is 0 Å². The predicted molar refractivity (Wildman–Crippen MR) is 93.7 cm³/mol. The Balaban J connectivity index is 1.94. The smallest absolute Gasteiger partial charge is 0.313 e. The Bertz CT molecular complexity index is 735. The highest BCUT2D eigenvalue weighted by molar-refractivity contribution is 6.39. The van der Waals surface area contributed by atoms with Gasteiger partial charge in [0.1, 0.15) is 5.82 Å². The number of carbonyl (C=O) groups is 2. The Hall–Kier alpha value is -2.73. The van der Waals surface area contributed by atoms with Gasteiger partial charge in [0, 0.05) is 24.8 Å². The van der Waals surface area contributed by atoms with E-state index in [-0.39, 0.29) is 19.1 Å². The maximum absolute atomic E-state index is 13.1. The molecule has 6 heteroatoms. The predicted octanol–water partition coefficient (Wildman–Crippen LogP) is 2.36. The van der Waals surface area contributed by atoms with Gasteiger partial charge < -0.3 is 15.7 Å². The second-order valence-corrected chi connectivity index (χ2v) is 5.74. The van der Waals surface area contributed by atoms with E-state index in [9.17, 15) is 19.1 Å². The normalized spacial score (nSPS) is 11.6. The molecule has 3 N–H and O–H groups in total. The lowest BCUT2D eigenvalue weighted by Crippen LogP contribution is -2.38. The molecule has 0 saturated carbocycles. The molecule has 1 unspecified atom stereocenters. The van der Waals surface area contributed by atoms with Gasteiger partial charge in [-0.3, -0.25) is 9.59 Å². The Kier molecular flexibility index (Phi) is 6.65. The number of benzene rings is 2. The number of amides is 2. The fraction of sp³-hybridized carbons (Fsp3) is 0.263. The molecule has 0 radical (unpaired) electrons. The van der Waals surface area contributed by atoms with Crippen LogP contribution in [0.3, 0.4) is 0 Å². The fourth-order valence-electron chi connectivity index (χ4n) is 2.51. The third-order valence-corrected chi connectivity index (χ3v) is 3.90. The van der Waals surface area contributed by atoms with Crippen LogP contribution in [0.1, 0.15) is 23.5 Å². The van der Waals surface area contributed by atoms with Gasteiger partial charge in [-0.05, 0) is 42.7 Å². The van der Waals surface area contributed by atoms with E-state index in [4.69, 9.17) is 0 Å². The number of anilines is 1. The molecule has 0 aromatic heterocycles. The molecule has 2 aromatic carbocycles. The second-order valence-electron chi connectivity index (χ2n) is 5.74. The van der Waals surface area contributed by atoms with Gasteiger partial charge in [0.2, 0.25) is 0 Å². The van der Waals surface area contributed by atoms with Crippen LogP contribution >= 0.6 is 0 Å². The van der Waals surface area contributed by atoms with Crippen molar-refractivity contribution in [2.75, 3.05) is 18.5 Å². The maximum Gasteiger partial charge on any atom is 0.313 e. The molecule has 2 rings (SSSR count). The van der Waals surface area contributed by atoms with Gasteiger partial charge in [0.15, 0.2) is 0 Å². The molecule has 0 aliphatic heterocycles. The summed E-state index contributed by atoms with van der Waals surface area (Å²) in [6, 6.07) is 13.4. The van der Waals surface area contributed by atoms with Gasteiger partial charge >= 0.3 is 11.8 Å². The minimum atomic E-state index is -0.814. The van der Waals surface area contributed by atoms with Crippen LogP contribution in [0.25, 0.3) is 0 Å². The Morgan fingerprint density at radius 1 is 1.12 bits per heavy atom. The van der Waals surface area contributed by atoms with Crippen LogP contribution in [0.15, 0.2) is 48.5 Å². The van der Waals surface area contributed by atoms with Crippen LogP contribution in [0.5, 0.6) is 0 Å². The molecule has 0 fully saturated rings. The average molecular weight is 344 g/mol. The Morgan fingerprint density at radius 2 is 1.84 bits per heavy atom. The summed E-state index contributed by atoms with van der Waals surface area (Å²) in [5.74, 6) is -2.08. The van der Waals surface area contributed by atoms with Crippen molar-refractivity contribution in [2.45, 2.75) is 19.3 Å². The molecule has 0 aliphatic carbocycles. The van der Waals surface area contributed by atoms with Crippen LogP contribution < -0.4 is 10.6 Å². The zero-order valence-corrected chi connectivity index (χ0v) is 14.0. The van der Waals surface area contributed by atoms with Gasteiger partial charge in [-0.2, -0.15) is 0 Å². The first-order chi connectivity index (χ1) is 12.0. The minimum absolute atomic E-state index is 0.0175. The molecule has 0 heterocycles. The van der Waals surface area contributed by atoms with Crippen molar-refractivity contribution in [1.82, 2.24) is 5.32 Å². The summed E-state index contributed by atoms with van der Waals surface area (Å²) >= 11 is 0.